The second kappa shape index (κ2) is 7.34. The van der Waals surface area contributed by atoms with Crippen LogP contribution < -0.4 is 5.32 Å². The van der Waals surface area contributed by atoms with Gasteiger partial charge >= 0.3 is 0 Å². The molecule has 136 valence electrons. The fourth-order valence-electron chi connectivity index (χ4n) is 3.59. The highest BCUT2D eigenvalue weighted by molar-refractivity contribution is 5.89. The van der Waals surface area contributed by atoms with Crippen LogP contribution in [0, 0.1) is 25.7 Å². The fourth-order valence-corrected chi connectivity index (χ4v) is 3.59. The number of piperidine rings is 1. The van der Waals surface area contributed by atoms with Crippen LogP contribution >= 0.6 is 0 Å². The van der Waals surface area contributed by atoms with Crippen molar-refractivity contribution in [2.45, 2.75) is 32.6 Å². The molecule has 4 rings (SSSR count). The molecule has 27 heavy (non-hydrogen) atoms. The average molecular weight is 358 g/mol. The molecule has 0 radical (unpaired) electrons. The highest BCUT2D eigenvalue weighted by atomic mass is 16.3. The van der Waals surface area contributed by atoms with E-state index in [-0.39, 0.29) is 5.75 Å². The Kier molecular flexibility index (Phi) is 4.74. The van der Waals surface area contributed by atoms with Gasteiger partial charge in [0.25, 0.3) is 0 Å². The lowest BCUT2D eigenvalue weighted by Crippen LogP contribution is -2.26. The van der Waals surface area contributed by atoms with Crippen LogP contribution in [-0.4, -0.2) is 33.1 Å². The second-order valence-electron chi connectivity index (χ2n) is 7.03. The van der Waals surface area contributed by atoms with Crippen LogP contribution in [0.4, 0.5) is 0 Å². The predicted molar refractivity (Wildman–Crippen MR) is 106 cm³/mol. The van der Waals surface area contributed by atoms with Crippen molar-refractivity contribution in [1.82, 2.24) is 20.3 Å². The van der Waals surface area contributed by atoms with Crippen LogP contribution in [0.2, 0.25) is 0 Å². The highest BCUT2D eigenvalue weighted by Crippen LogP contribution is 2.31. The Hall–Kier alpha value is -2.97. The third-order valence-corrected chi connectivity index (χ3v) is 5.13. The minimum Gasteiger partial charge on any atom is -0.506 e. The molecule has 4 heterocycles. The van der Waals surface area contributed by atoms with E-state index in [0.717, 1.165) is 59.2 Å². The van der Waals surface area contributed by atoms with Crippen molar-refractivity contribution in [2.24, 2.45) is 0 Å². The lowest BCUT2D eigenvalue weighted by atomic mass is 9.90. The van der Waals surface area contributed by atoms with E-state index in [0.29, 0.717) is 11.6 Å². The van der Waals surface area contributed by atoms with Gasteiger partial charge in [-0.1, -0.05) is 5.92 Å². The molecule has 0 aromatic carbocycles. The summed E-state index contributed by atoms with van der Waals surface area (Å²) in [5.74, 6) is 6.97. The maximum Gasteiger partial charge on any atom is 0.137 e. The molecule has 0 saturated carbocycles. The Morgan fingerprint density at radius 3 is 2.59 bits per heavy atom. The van der Waals surface area contributed by atoms with Crippen LogP contribution in [0.1, 0.15) is 47.0 Å². The van der Waals surface area contributed by atoms with E-state index in [1.54, 1.807) is 6.20 Å². The number of nitrogens with zero attached hydrogens (tertiary/aromatic N) is 3. The van der Waals surface area contributed by atoms with Gasteiger partial charge in [0.05, 0.1) is 11.8 Å². The van der Waals surface area contributed by atoms with Crippen molar-refractivity contribution in [1.29, 1.82) is 0 Å². The molecule has 1 saturated heterocycles. The molecular weight excluding hydrogens is 336 g/mol. The summed E-state index contributed by atoms with van der Waals surface area (Å²) in [6, 6.07) is 3.97. The van der Waals surface area contributed by atoms with Crippen LogP contribution in [0.25, 0.3) is 10.8 Å². The molecule has 3 aromatic rings. The van der Waals surface area contributed by atoms with Crippen molar-refractivity contribution >= 4 is 10.8 Å². The van der Waals surface area contributed by atoms with Crippen LogP contribution in [0.15, 0.2) is 30.7 Å². The molecule has 0 atom stereocenters. The van der Waals surface area contributed by atoms with E-state index < -0.39 is 0 Å². The Morgan fingerprint density at radius 2 is 1.78 bits per heavy atom. The molecule has 3 aromatic heterocycles. The molecule has 5 heteroatoms. The molecule has 1 aliphatic heterocycles. The van der Waals surface area contributed by atoms with Gasteiger partial charge in [-0.3, -0.25) is 9.97 Å². The standard InChI is InChI=1S/C22H22N4O/c1-14-9-19-17(11-25-15(2)21(19)12-24-14)3-4-18-10-20(22(27)13-26-18)16-5-7-23-8-6-16/h9-13,16,23,27H,5-8H2,1-2H3. The Morgan fingerprint density at radius 1 is 0.963 bits per heavy atom. The van der Waals surface area contributed by atoms with E-state index in [2.05, 4.69) is 32.1 Å². The molecule has 1 fully saturated rings. The van der Waals surface area contributed by atoms with Crippen molar-refractivity contribution in [3.05, 3.63) is 58.9 Å². The lowest BCUT2D eigenvalue weighted by molar-refractivity contribution is 0.422. The van der Waals surface area contributed by atoms with Gasteiger partial charge in [-0.05, 0) is 63.7 Å². The van der Waals surface area contributed by atoms with E-state index in [1.165, 1.54) is 6.20 Å². The summed E-state index contributed by atoms with van der Waals surface area (Å²) in [5, 5.41) is 15.7. The molecule has 0 aliphatic carbocycles. The predicted octanol–water partition coefficient (Wildman–Crippen LogP) is 3.21. The van der Waals surface area contributed by atoms with E-state index in [1.807, 2.05) is 32.2 Å². The first-order valence-corrected chi connectivity index (χ1v) is 9.25. The first kappa shape index (κ1) is 17.4. The quantitative estimate of drug-likeness (QED) is 0.654. The van der Waals surface area contributed by atoms with Crippen LogP contribution in [0.5, 0.6) is 5.75 Å². The summed E-state index contributed by atoms with van der Waals surface area (Å²) >= 11 is 0. The number of aryl methyl sites for hydroxylation is 2. The van der Waals surface area contributed by atoms with Crippen molar-refractivity contribution in [3.8, 4) is 17.6 Å². The summed E-state index contributed by atoms with van der Waals surface area (Å²) in [4.78, 5) is 13.1. The number of aromatic nitrogens is 3. The Balaban J connectivity index is 1.72. The average Bonchev–Trinajstić information content (AvgIpc) is 2.69. The summed E-state index contributed by atoms with van der Waals surface area (Å²) in [5.41, 5.74) is 4.37. The second-order valence-corrected chi connectivity index (χ2v) is 7.03. The van der Waals surface area contributed by atoms with Crippen molar-refractivity contribution in [2.75, 3.05) is 13.1 Å². The molecule has 2 N–H and O–H groups in total. The van der Waals surface area contributed by atoms with E-state index >= 15 is 0 Å². The van der Waals surface area contributed by atoms with Gasteiger partial charge < -0.3 is 10.4 Å². The zero-order valence-electron chi connectivity index (χ0n) is 15.6. The number of nitrogens with one attached hydrogen (secondary N) is 1. The largest absolute Gasteiger partial charge is 0.506 e. The molecule has 0 spiro atoms. The number of pyridine rings is 3. The van der Waals surface area contributed by atoms with Gasteiger partial charge in [0.2, 0.25) is 0 Å². The maximum absolute atomic E-state index is 10.2. The van der Waals surface area contributed by atoms with Gasteiger partial charge in [0, 0.05) is 40.1 Å². The van der Waals surface area contributed by atoms with Crippen LogP contribution in [0.3, 0.4) is 0 Å². The summed E-state index contributed by atoms with van der Waals surface area (Å²) < 4.78 is 0. The Bertz CT molecular complexity index is 1060. The number of hydrogen-bond donors (Lipinski definition) is 2. The first-order valence-electron chi connectivity index (χ1n) is 9.25. The maximum atomic E-state index is 10.2. The minimum atomic E-state index is 0.261. The topological polar surface area (TPSA) is 70.9 Å². The van der Waals surface area contributed by atoms with Gasteiger partial charge in [-0.25, -0.2) is 4.98 Å². The summed E-state index contributed by atoms with van der Waals surface area (Å²) in [6.07, 6.45) is 7.21. The summed E-state index contributed by atoms with van der Waals surface area (Å²) in [6.45, 7) is 5.90. The monoisotopic (exact) mass is 358 g/mol. The molecule has 0 amide bonds. The summed E-state index contributed by atoms with van der Waals surface area (Å²) in [7, 11) is 0. The number of fused-ring (bicyclic) bond motifs is 1. The molecule has 0 bridgehead atoms. The third-order valence-electron chi connectivity index (χ3n) is 5.13. The fraction of sp³-hybridized carbons (Fsp3) is 0.318. The van der Waals surface area contributed by atoms with E-state index in [4.69, 9.17) is 0 Å². The number of rotatable bonds is 1. The highest BCUT2D eigenvalue weighted by Gasteiger charge is 2.18. The zero-order chi connectivity index (χ0) is 18.8. The van der Waals surface area contributed by atoms with Gasteiger partial charge in [-0.15, -0.1) is 0 Å². The molecule has 1 aliphatic rings. The smallest absolute Gasteiger partial charge is 0.137 e. The lowest BCUT2D eigenvalue weighted by Gasteiger charge is -2.23. The third kappa shape index (κ3) is 3.62. The SMILES string of the molecule is Cc1cc2c(C#Cc3cc(C4CCNCC4)c(O)cn3)cnc(C)c2cn1. The molecule has 5 nitrogen and oxygen atoms in total. The molecule has 0 unspecified atom stereocenters. The number of aromatic hydroxyl groups is 1. The van der Waals surface area contributed by atoms with Crippen LogP contribution in [-0.2, 0) is 0 Å². The van der Waals surface area contributed by atoms with Gasteiger partial charge in [0.15, 0.2) is 0 Å². The molecular formula is C22H22N4O. The number of hydrogen-bond acceptors (Lipinski definition) is 5. The zero-order valence-corrected chi connectivity index (χ0v) is 15.6. The van der Waals surface area contributed by atoms with Gasteiger partial charge in [-0.2, -0.15) is 0 Å². The van der Waals surface area contributed by atoms with Crippen molar-refractivity contribution in [3.63, 3.8) is 0 Å². The first-order chi connectivity index (χ1) is 13.1. The van der Waals surface area contributed by atoms with E-state index in [9.17, 15) is 5.11 Å². The normalized spacial score (nSPS) is 14.7. The van der Waals surface area contributed by atoms with Gasteiger partial charge in [0.1, 0.15) is 11.4 Å². The Labute approximate surface area is 158 Å². The van der Waals surface area contributed by atoms with Crippen molar-refractivity contribution < 1.29 is 5.11 Å². The minimum absolute atomic E-state index is 0.261.